The van der Waals surface area contributed by atoms with Crippen molar-refractivity contribution >= 4 is 29.9 Å². The summed E-state index contributed by atoms with van der Waals surface area (Å²) in [5.74, 6) is 3.00. The molecule has 0 spiro atoms. The van der Waals surface area contributed by atoms with E-state index in [0.717, 1.165) is 55.7 Å². The number of methoxy groups -OCH3 is 2. The number of nitrogens with one attached hydrogen (secondary N) is 1. The third-order valence-electron chi connectivity index (χ3n) is 4.64. The molecule has 0 radical (unpaired) electrons. The average molecular weight is 521 g/mol. The lowest BCUT2D eigenvalue weighted by Gasteiger charge is -2.22. The Balaban J connectivity index is 0.00000420. The largest absolute Gasteiger partial charge is 0.493 e. The number of rotatable bonds is 11. The third kappa shape index (κ3) is 8.55. The third-order valence-corrected chi connectivity index (χ3v) is 4.64. The normalized spacial score (nSPS) is 16.5. The van der Waals surface area contributed by atoms with Gasteiger partial charge in [0.1, 0.15) is 0 Å². The van der Waals surface area contributed by atoms with Crippen LogP contribution in [-0.2, 0) is 16.0 Å². The van der Waals surface area contributed by atoms with Crippen LogP contribution in [0.2, 0.25) is 0 Å². The summed E-state index contributed by atoms with van der Waals surface area (Å²) in [5.41, 5.74) is 1.10. The first-order valence-electron chi connectivity index (χ1n) is 10.1. The SMILES string of the molecule is CCNC(=NCc1ccc(OC)c(OCC)c1)N1CCC(COCCOC)C1.I. The second kappa shape index (κ2) is 14.7. The molecule has 1 unspecified atom stereocenters. The second-order valence-corrected chi connectivity index (χ2v) is 6.76. The van der Waals surface area contributed by atoms with Crippen molar-refractivity contribution in [3.63, 3.8) is 0 Å². The molecular weight excluding hydrogens is 485 g/mol. The zero-order valence-electron chi connectivity index (χ0n) is 18.1. The lowest BCUT2D eigenvalue weighted by atomic mass is 10.1. The van der Waals surface area contributed by atoms with Crippen LogP contribution < -0.4 is 14.8 Å². The molecule has 0 aliphatic carbocycles. The van der Waals surface area contributed by atoms with Crippen molar-refractivity contribution < 1.29 is 18.9 Å². The number of aliphatic imine (C=N–C) groups is 1. The molecule has 1 aromatic carbocycles. The lowest BCUT2D eigenvalue weighted by Crippen LogP contribution is -2.40. The Kier molecular flexibility index (Phi) is 13.0. The first kappa shape index (κ1) is 25.8. The fourth-order valence-electron chi connectivity index (χ4n) is 3.23. The molecule has 1 atom stereocenters. The van der Waals surface area contributed by atoms with Crippen LogP contribution in [0, 0.1) is 5.92 Å². The van der Waals surface area contributed by atoms with Crippen LogP contribution in [-0.4, -0.2) is 71.1 Å². The molecule has 0 saturated carbocycles. The Bertz CT molecular complexity index is 616. The molecule has 29 heavy (non-hydrogen) atoms. The quantitative estimate of drug-likeness (QED) is 0.209. The molecule has 0 aromatic heterocycles. The van der Waals surface area contributed by atoms with E-state index >= 15 is 0 Å². The first-order chi connectivity index (χ1) is 13.7. The van der Waals surface area contributed by atoms with Gasteiger partial charge in [-0.1, -0.05) is 6.07 Å². The maximum atomic E-state index is 5.70. The fourth-order valence-corrected chi connectivity index (χ4v) is 3.23. The van der Waals surface area contributed by atoms with Crippen LogP contribution in [0.25, 0.3) is 0 Å². The molecule has 1 N–H and O–H groups in total. The summed E-state index contributed by atoms with van der Waals surface area (Å²) in [4.78, 5) is 7.16. The van der Waals surface area contributed by atoms with Crippen molar-refractivity contribution in [3.8, 4) is 11.5 Å². The Morgan fingerprint density at radius 3 is 2.72 bits per heavy atom. The van der Waals surface area contributed by atoms with Crippen molar-refractivity contribution in [2.75, 3.05) is 60.3 Å². The predicted molar refractivity (Wildman–Crippen MR) is 127 cm³/mol. The van der Waals surface area contributed by atoms with E-state index in [9.17, 15) is 0 Å². The zero-order chi connectivity index (χ0) is 20.2. The Hall–Kier alpha value is -1.26. The highest BCUT2D eigenvalue weighted by molar-refractivity contribution is 14.0. The minimum atomic E-state index is 0. The summed E-state index contributed by atoms with van der Waals surface area (Å²) in [6.07, 6.45) is 1.12. The molecule has 166 valence electrons. The van der Waals surface area contributed by atoms with Gasteiger partial charge < -0.3 is 29.2 Å². The predicted octanol–water partition coefficient (Wildman–Crippen LogP) is 3.16. The molecule has 1 heterocycles. The van der Waals surface area contributed by atoms with Crippen LogP contribution >= 0.6 is 24.0 Å². The fraction of sp³-hybridized carbons (Fsp3) is 0.667. The van der Waals surface area contributed by atoms with Crippen LogP contribution in [0.3, 0.4) is 0 Å². The summed E-state index contributed by atoms with van der Waals surface area (Å²) < 4.78 is 21.7. The van der Waals surface area contributed by atoms with Crippen LogP contribution in [0.5, 0.6) is 11.5 Å². The van der Waals surface area contributed by atoms with E-state index in [2.05, 4.69) is 17.1 Å². The monoisotopic (exact) mass is 521 g/mol. The average Bonchev–Trinajstić information content (AvgIpc) is 3.18. The number of nitrogens with zero attached hydrogens (tertiary/aromatic N) is 2. The van der Waals surface area contributed by atoms with Gasteiger partial charge in [0, 0.05) is 32.7 Å². The number of hydrogen-bond acceptors (Lipinski definition) is 5. The van der Waals surface area contributed by atoms with Gasteiger partial charge in [0.05, 0.1) is 40.1 Å². The maximum Gasteiger partial charge on any atom is 0.194 e. The van der Waals surface area contributed by atoms with E-state index in [4.69, 9.17) is 23.9 Å². The van der Waals surface area contributed by atoms with E-state index in [0.29, 0.717) is 32.3 Å². The van der Waals surface area contributed by atoms with E-state index in [1.807, 2.05) is 25.1 Å². The summed E-state index contributed by atoms with van der Waals surface area (Å²) in [6, 6.07) is 5.97. The summed E-state index contributed by atoms with van der Waals surface area (Å²) in [6.45, 7) is 10.1. The van der Waals surface area contributed by atoms with Gasteiger partial charge in [0.15, 0.2) is 17.5 Å². The second-order valence-electron chi connectivity index (χ2n) is 6.76. The summed E-state index contributed by atoms with van der Waals surface area (Å²) in [7, 11) is 3.35. The van der Waals surface area contributed by atoms with Gasteiger partial charge in [-0.25, -0.2) is 4.99 Å². The number of benzene rings is 1. The van der Waals surface area contributed by atoms with Crippen LogP contribution in [0.4, 0.5) is 0 Å². The van der Waals surface area contributed by atoms with Gasteiger partial charge in [-0.2, -0.15) is 0 Å². The molecule has 1 fully saturated rings. The van der Waals surface area contributed by atoms with Crippen molar-refractivity contribution in [1.29, 1.82) is 0 Å². The topological polar surface area (TPSA) is 64.6 Å². The van der Waals surface area contributed by atoms with E-state index in [1.165, 1.54) is 0 Å². The van der Waals surface area contributed by atoms with E-state index in [1.54, 1.807) is 14.2 Å². The van der Waals surface area contributed by atoms with E-state index < -0.39 is 0 Å². The summed E-state index contributed by atoms with van der Waals surface area (Å²) in [5, 5.41) is 3.41. The minimum Gasteiger partial charge on any atom is -0.493 e. The number of guanidine groups is 1. The molecular formula is C21H36IN3O4. The zero-order valence-corrected chi connectivity index (χ0v) is 20.4. The highest BCUT2D eigenvalue weighted by Gasteiger charge is 2.25. The lowest BCUT2D eigenvalue weighted by molar-refractivity contribution is 0.0536. The van der Waals surface area contributed by atoms with Gasteiger partial charge in [-0.05, 0) is 38.0 Å². The van der Waals surface area contributed by atoms with Crippen LogP contribution in [0.15, 0.2) is 23.2 Å². The number of halogens is 1. The van der Waals surface area contributed by atoms with Crippen molar-refractivity contribution in [1.82, 2.24) is 10.2 Å². The van der Waals surface area contributed by atoms with Gasteiger partial charge in [-0.15, -0.1) is 24.0 Å². The highest BCUT2D eigenvalue weighted by atomic mass is 127. The van der Waals surface area contributed by atoms with Gasteiger partial charge in [0.2, 0.25) is 0 Å². The number of ether oxygens (including phenoxy) is 4. The Morgan fingerprint density at radius 1 is 1.21 bits per heavy atom. The molecule has 0 amide bonds. The van der Waals surface area contributed by atoms with Gasteiger partial charge >= 0.3 is 0 Å². The van der Waals surface area contributed by atoms with Gasteiger partial charge in [0.25, 0.3) is 0 Å². The highest BCUT2D eigenvalue weighted by Crippen LogP contribution is 2.28. The van der Waals surface area contributed by atoms with Crippen molar-refractivity contribution in [2.45, 2.75) is 26.8 Å². The minimum absolute atomic E-state index is 0. The van der Waals surface area contributed by atoms with E-state index in [-0.39, 0.29) is 24.0 Å². The smallest absolute Gasteiger partial charge is 0.194 e. The molecule has 1 aromatic rings. The van der Waals surface area contributed by atoms with Crippen molar-refractivity contribution in [2.24, 2.45) is 10.9 Å². The first-order valence-corrected chi connectivity index (χ1v) is 10.1. The molecule has 2 rings (SSSR count). The van der Waals surface area contributed by atoms with Crippen molar-refractivity contribution in [3.05, 3.63) is 23.8 Å². The Morgan fingerprint density at radius 2 is 2.03 bits per heavy atom. The number of hydrogen-bond donors (Lipinski definition) is 1. The Labute approximate surface area is 192 Å². The maximum absolute atomic E-state index is 5.70. The summed E-state index contributed by atoms with van der Waals surface area (Å²) >= 11 is 0. The van der Waals surface area contributed by atoms with Gasteiger partial charge in [-0.3, -0.25) is 0 Å². The molecule has 1 saturated heterocycles. The molecule has 7 nitrogen and oxygen atoms in total. The number of likely N-dealkylation sites (tertiary alicyclic amines) is 1. The van der Waals surface area contributed by atoms with Crippen LogP contribution in [0.1, 0.15) is 25.8 Å². The molecule has 1 aliphatic heterocycles. The molecule has 1 aliphatic rings. The molecule has 8 heteroatoms. The molecule has 0 bridgehead atoms. The standard InChI is InChI=1S/C21H35N3O4.HI/c1-5-22-21(24-10-9-18(15-24)16-27-12-11-25-3)23-14-17-7-8-19(26-4)20(13-17)28-6-2;/h7-8,13,18H,5-6,9-12,14-16H2,1-4H3,(H,22,23);1H.